The molecule has 0 saturated carbocycles. The molecule has 571 valence electrons. The molecule has 3 radical (unpaired) electrons. The van der Waals surface area contributed by atoms with Crippen LogP contribution in [0.15, 0.2) is 304 Å². The monoisotopic (exact) mass is 2000 g/mol. The van der Waals surface area contributed by atoms with Crippen LogP contribution in [0.1, 0.15) is 51.0 Å². The number of fused-ring (bicyclic) bond motifs is 4. The van der Waals surface area contributed by atoms with E-state index in [2.05, 4.69) is 121 Å². The summed E-state index contributed by atoms with van der Waals surface area (Å²) in [6.07, 6.45) is 9.63. The van der Waals surface area contributed by atoms with Crippen LogP contribution in [0.25, 0.3) is 87.2 Å². The van der Waals surface area contributed by atoms with Crippen molar-refractivity contribution in [3.63, 3.8) is 0 Å². The Labute approximate surface area is 715 Å². The minimum atomic E-state index is -0.990. The van der Waals surface area contributed by atoms with Gasteiger partial charge in [-0.15, -0.1) is 183 Å². The molecule has 4 unspecified atom stereocenters. The van der Waals surface area contributed by atoms with Crippen LogP contribution in [0.5, 0.6) is 0 Å². The molecule has 5 N–H and O–H groups in total. The molecular weight excluding hydrogens is 1920 g/mol. The van der Waals surface area contributed by atoms with Crippen molar-refractivity contribution >= 4 is 49.1 Å². The predicted molar refractivity (Wildman–Crippen MR) is 404 cm³/mol. The number of carboxylic acid groups (broad SMARTS) is 1. The molecular formula is C87H75F2N6O6Pd3Rh3S-5. The van der Waals surface area contributed by atoms with E-state index in [0.29, 0.717) is 18.5 Å². The van der Waals surface area contributed by atoms with Gasteiger partial charge in [0, 0.05) is 148 Å². The van der Waals surface area contributed by atoms with E-state index < -0.39 is 17.6 Å². The number of hydrogen-bond acceptors (Lipinski definition) is 12. The van der Waals surface area contributed by atoms with Gasteiger partial charge in [0.05, 0.1) is 24.4 Å². The second kappa shape index (κ2) is 56.4. The van der Waals surface area contributed by atoms with Crippen LogP contribution in [0.4, 0.5) is 8.78 Å². The summed E-state index contributed by atoms with van der Waals surface area (Å²) in [4.78, 5) is 35.9. The van der Waals surface area contributed by atoms with Crippen molar-refractivity contribution < 1.29 is 159 Å². The number of thiophene rings is 1. The van der Waals surface area contributed by atoms with Gasteiger partial charge in [0.1, 0.15) is 5.69 Å². The number of halogens is 2. The van der Waals surface area contributed by atoms with Gasteiger partial charge in [0.2, 0.25) is 0 Å². The molecule has 15 aromatic rings. The molecule has 0 spiro atoms. The van der Waals surface area contributed by atoms with E-state index in [0.717, 1.165) is 67.2 Å². The quantitative estimate of drug-likeness (QED) is 0.0495. The van der Waals surface area contributed by atoms with Gasteiger partial charge in [-0.2, -0.15) is 30.3 Å². The normalized spacial score (nSPS) is 10.6. The van der Waals surface area contributed by atoms with Crippen LogP contribution in [0.2, 0.25) is 0 Å². The summed E-state index contributed by atoms with van der Waals surface area (Å²) in [5, 5.41) is 47.2. The molecule has 0 fully saturated rings. The second-order valence-electron chi connectivity index (χ2n) is 22.2. The molecule has 0 bridgehead atoms. The first-order chi connectivity index (χ1) is 49.6. The molecule has 21 heteroatoms. The second-order valence-corrected chi connectivity index (χ2v) is 23.3. The van der Waals surface area contributed by atoms with Gasteiger partial charge in [-0.25, -0.2) is 15.3 Å². The SMILES string of the molecule is CC(O)CC(C)O.CC(O)CC(C)O.Fc1c[c-]c(-c2ccccn2)c(F)c1.O=C(O)c1ccccn1.[Pd+2].[Pd].[Pd].[Rh].[Rh].[Rh].[c-]1cccc2ccc3cccnc3c12.[c-]1ccccc1-c1[c-]c2ccccc2s1.[c-]1ccccc1-c1ccccn1.[c-]1ccccc1-c1ccccn1.[c-]1ccccc1-c1ccccn1. The first-order valence-corrected chi connectivity index (χ1v) is 33.2. The van der Waals surface area contributed by atoms with Crippen LogP contribution in [0, 0.1) is 54.1 Å². The third-order valence-electron chi connectivity index (χ3n) is 13.7. The van der Waals surface area contributed by atoms with E-state index >= 15 is 0 Å². The van der Waals surface area contributed by atoms with Gasteiger partial charge in [0.25, 0.3) is 0 Å². The van der Waals surface area contributed by atoms with Crippen molar-refractivity contribution in [1.29, 1.82) is 0 Å². The fourth-order valence-corrected chi connectivity index (χ4v) is 10.2. The van der Waals surface area contributed by atoms with Gasteiger partial charge < -0.3 is 50.5 Å². The minimum absolute atomic E-state index is 0. The standard InChI is InChI=1S/C14H8S.C13H8N.C11H6F2N.3C11H8N.C6H5NO2.2C5H12O2.3Pd.3Rh/c1-2-6-11(7-3-1)14-10-12-8-4-5-9-13(12)15-14;1-2-6-12-10(4-1)7-8-11-5-3-9-14-13(11)12;12-8-4-5-9(10(13)7-8)11-3-1-2-6-14-11;3*1-2-6-10(7-3-1)11-8-4-5-9-12-11;8-6(9)5-3-1-2-4-7-5;2*1-4(6)3-5(2)7;;;;;;/h1-6,8-9H;1-5,7-9H;1-4,6-7H;3*1-6,8-9H;1-4H,(H,8,9);2*4-7H,3H2,1-2H3;;;;;;/q-2;5*-1;;;;;;+2;;;. The Kier molecular flexibility index (Phi) is 51.3. The Morgan fingerprint density at radius 3 is 1.19 bits per heavy atom. The molecule has 8 aromatic carbocycles. The first-order valence-electron chi connectivity index (χ1n) is 32.4. The Balaban J connectivity index is 0.000000609. The third-order valence-corrected chi connectivity index (χ3v) is 14.8. The average molecular weight is 2000 g/mol. The number of aliphatic hydroxyl groups excluding tert-OH is 4. The van der Waals surface area contributed by atoms with Crippen molar-refractivity contribution in [2.24, 2.45) is 0 Å². The van der Waals surface area contributed by atoms with E-state index in [1.807, 2.05) is 176 Å². The number of carboxylic acids is 1. The summed E-state index contributed by atoms with van der Waals surface area (Å²) < 4.78 is 27.1. The largest absolute Gasteiger partial charge is 2.00 e. The Morgan fingerprint density at radius 1 is 0.417 bits per heavy atom. The number of aliphatic hydroxyl groups is 4. The summed E-state index contributed by atoms with van der Waals surface area (Å²) >= 11 is 1.76. The van der Waals surface area contributed by atoms with Gasteiger partial charge in [-0.05, 0) is 117 Å². The fraction of sp³-hybridized carbons (Fsp3) is 0.115. The molecule has 108 heavy (non-hydrogen) atoms. The zero-order valence-corrected chi connectivity index (χ0v) is 68.9. The zero-order valence-electron chi connectivity index (χ0n) is 58.5. The van der Waals surface area contributed by atoms with E-state index in [-0.39, 0.29) is 155 Å². The first kappa shape index (κ1) is 98.2. The van der Waals surface area contributed by atoms with E-state index in [4.69, 9.17) is 25.5 Å². The molecule has 0 amide bonds. The fourth-order valence-electron chi connectivity index (χ4n) is 9.16. The summed E-state index contributed by atoms with van der Waals surface area (Å²) in [6, 6.07) is 105. The smallest absolute Gasteiger partial charge is 0.477 e. The average Bonchev–Trinajstić information content (AvgIpc) is 1.14. The van der Waals surface area contributed by atoms with Crippen molar-refractivity contribution in [2.75, 3.05) is 0 Å². The van der Waals surface area contributed by atoms with E-state index in [9.17, 15) is 13.6 Å². The number of aromatic carboxylic acids is 1. The third kappa shape index (κ3) is 36.6. The number of pyridine rings is 6. The van der Waals surface area contributed by atoms with Crippen LogP contribution < -0.4 is 0 Å². The number of rotatable bonds is 10. The number of benzene rings is 8. The van der Waals surface area contributed by atoms with Crippen molar-refractivity contribution in [3.05, 3.63) is 364 Å². The van der Waals surface area contributed by atoms with Crippen LogP contribution >= 0.6 is 11.3 Å². The topological polar surface area (TPSA) is 196 Å². The summed E-state index contributed by atoms with van der Waals surface area (Å²) in [5.74, 6) is -2.28. The van der Waals surface area contributed by atoms with Crippen LogP contribution in [-0.2, 0) is 120 Å². The molecule has 0 aliphatic heterocycles. The van der Waals surface area contributed by atoms with Gasteiger partial charge in [0.15, 0.2) is 0 Å². The maximum absolute atomic E-state index is 13.2. The number of aromatic nitrogens is 6. The van der Waals surface area contributed by atoms with Crippen molar-refractivity contribution in [2.45, 2.75) is 65.0 Å². The summed E-state index contributed by atoms with van der Waals surface area (Å²) in [7, 11) is 0. The molecule has 7 aromatic heterocycles. The molecule has 0 aliphatic rings. The van der Waals surface area contributed by atoms with Gasteiger partial charge in [-0.3, -0.25) is 20.1 Å². The zero-order chi connectivity index (χ0) is 72.5. The maximum Gasteiger partial charge on any atom is 2.00 e. The van der Waals surface area contributed by atoms with Gasteiger partial charge >= 0.3 is 26.4 Å². The van der Waals surface area contributed by atoms with Crippen LogP contribution in [-0.4, -0.2) is 85.8 Å². The predicted octanol–water partition coefficient (Wildman–Crippen LogP) is 18.9. The molecule has 15 rings (SSSR count). The Bertz CT molecular complexity index is 4390. The Morgan fingerprint density at radius 2 is 0.806 bits per heavy atom. The van der Waals surface area contributed by atoms with Gasteiger partial charge in [-0.1, -0.05) is 101 Å². The van der Waals surface area contributed by atoms with Crippen molar-refractivity contribution in [1.82, 2.24) is 29.9 Å². The summed E-state index contributed by atoms with van der Waals surface area (Å²) in [6.45, 7) is 6.64. The Hall–Kier alpha value is -7.83. The van der Waals surface area contributed by atoms with Crippen molar-refractivity contribution in [3.8, 4) is 55.5 Å². The molecule has 0 saturated heterocycles. The molecule has 7 heterocycles. The number of nitrogens with zero attached hydrogens (tertiary/aromatic N) is 6. The molecule has 0 aliphatic carbocycles. The van der Waals surface area contributed by atoms with E-state index in [1.54, 1.807) is 94.2 Å². The minimum Gasteiger partial charge on any atom is -0.477 e. The van der Waals surface area contributed by atoms with E-state index in [1.165, 1.54) is 33.1 Å². The number of hydrogen-bond donors (Lipinski definition) is 5. The molecule has 4 atom stereocenters. The molecule has 12 nitrogen and oxygen atoms in total. The maximum atomic E-state index is 13.2. The summed E-state index contributed by atoms with van der Waals surface area (Å²) in [5.41, 5.74) is 8.91. The number of carbonyl (C=O) groups is 1. The van der Waals surface area contributed by atoms with Crippen LogP contribution in [0.3, 0.4) is 0 Å².